The highest BCUT2D eigenvalue weighted by atomic mass is 19.3. The zero-order valence-corrected chi connectivity index (χ0v) is 16.1. The first-order valence-electron chi connectivity index (χ1n) is 9.91. The summed E-state index contributed by atoms with van der Waals surface area (Å²) in [7, 11) is 0. The van der Waals surface area contributed by atoms with Crippen molar-refractivity contribution in [2.75, 3.05) is 23.7 Å². The minimum atomic E-state index is -2.91. The lowest BCUT2D eigenvalue weighted by Gasteiger charge is -2.30. The molecule has 2 fully saturated rings. The van der Waals surface area contributed by atoms with Gasteiger partial charge in [-0.1, -0.05) is 6.92 Å². The third kappa shape index (κ3) is 4.22. The third-order valence-corrected chi connectivity index (χ3v) is 5.73. The van der Waals surface area contributed by atoms with Gasteiger partial charge in [-0.3, -0.25) is 0 Å². The van der Waals surface area contributed by atoms with Crippen LogP contribution in [0.15, 0.2) is 12.3 Å². The number of aromatic nitrogens is 3. The first kappa shape index (κ1) is 20.1. The number of nitrogens with zero attached hydrogens (tertiary/aromatic N) is 3. The van der Waals surface area contributed by atoms with Gasteiger partial charge in [-0.15, -0.1) is 0 Å². The van der Waals surface area contributed by atoms with E-state index in [9.17, 15) is 17.6 Å². The van der Waals surface area contributed by atoms with E-state index in [0.29, 0.717) is 23.7 Å². The lowest BCUT2D eigenvalue weighted by atomic mass is 9.95. The summed E-state index contributed by atoms with van der Waals surface area (Å²) in [5.41, 5.74) is -0.228. The van der Waals surface area contributed by atoms with E-state index in [1.54, 1.807) is 0 Å². The number of anilines is 2. The van der Waals surface area contributed by atoms with E-state index >= 15 is 0 Å². The minimum absolute atomic E-state index is 0.0480. The third-order valence-electron chi connectivity index (χ3n) is 5.73. The highest BCUT2D eigenvalue weighted by molar-refractivity contribution is 5.89. The zero-order chi connectivity index (χ0) is 20.6. The van der Waals surface area contributed by atoms with Gasteiger partial charge in [0.15, 0.2) is 5.82 Å². The van der Waals surface area contributed by atoms with Crippen LogP contribution in [0.5, 0.6) is 0 Å². The number of halogens is 4. The number of pyridine rings is 1. The number of rotatable bonds is 5. The summed E-state index contributed by atoms with van der Waals surface area (Å²) in [6.07, 6.45) is -0.110. The van der Waals surface area contributed by atoms with Crippen LogP contribution in [0.4, 0.5) is 29.3 Å². The van der Waals surface area contributed by atoms with Crippen LogP contribution >= 0.6 is 0 Å². The van der Waals surface area contributed by atoms with E-state index in [1.165, 1.54) is 12.3 Å². The van der Waals surface area contributed by atoms with E-state index in [0.717, 1.165) is 19.5 Å². The van der Waals surface area contributed by atoms with E-state index in [1.807, 2.05) is 0 Å². The van der Waals surface area contributed by atoms with E-state index < -0.39 is 24.1 Å². The normalized spacial score (nSPS) is 26.8. The first-order chi connectivity index (χ1) is 13.8. The highest BCUT2D eigenvalue weighted by Crippen LogP contribution is 2.38. The molecule has 4 rings (SSSR count). The van der Waals surface area contributed by atoms with Crippen molar-refractivity contribution in [3.8, 4) is 0 Å². The van der Waals surface area contributed by atoms with Gasteiger partial charge in [0.2, 0.25) is 5.95 Å². The Morgan fingerprint density at radius 3 is 2.72 bits per heavy atom. The van der Waals surface area contributed by atoms with Crippen LogP contribution in [0.25, 0.3) is 10.9 Å². The average Bonchev–Trinajstić information content (AvgIpc) is 3.01. The summed E-state index contributed by atoms with van der Waals surface area (Å²) < 4.78 is 54.7. The van der Waals surface area contributed by atoms with Crippen molar-refractivity contribution in [2.45, 2.75) is 57.0 Å². The van der Waals surface area contributed by atoms with Crippen LogP contribution < -0.4 is 16.0 Å². The molecule has 1 saturated carbocycles. The Hall–Kier alpha value is -2.23. The molecule has 0 spiro atoms. The van der Waals surface area contributed by atoms with E-state index in [4.69, 9.17) is 0 Å². The second-order valence-corrected chi connectivity index (χ2v) is 7.90. The van der Waals surface area contributed by atoms with Crippen LogP contribution in [0.2, 0.25) is 0 Å². The summed E-state index contributed by atoms with van der Waals surface area (Å²) in [5.74, 6) is -2.26. The van der Waals surface area contributed by atoms with Gasteiger partial charge in [0.05, 0.1) is 6.04 Å². The number of hydrogen-bond acceptors (Lipinski definition) is 6. The van der Waals surface area contributed by atoms with Crippen LogP contribution in [0.3, 0.4) is 0 Å². The van der Waals surface area contributed by atoms with Gasteiger partial charge in [-0.25, -0.2) is 32.5 Å². The summed E-state index contributed by atoms with van der Waals surface area (Å²) in [5, 5.41) is 9.62. The number of nitrogens with one attached hydrogen (secondary N) is 3. The summed E-state index contributed by atoms with van der Waals surface area (Å²) in [6, 6.07) is 0.217. The maximum Gasteiger partial charge on any atom is 0.280 e. The molecule has 3 N–H and O–H groups in total. The molecule has 158 valence electrons. The molecule has 0 radical (unpaired) electrons. The SMILES string of the molecule is C[C@@H]1CNCC[C@@H]1Nc1ncc2cc(C(F)F)nc(NC3CCCC3(F)F)c2n1. The number of hydrogen-bond donors (Lipinski definition) is 3. The van der Waals surface area contributed by atoms with Crippen molar-refractivity contribution in [3.63, 3.8) is 0 Å². The van der Waals surface area contributed by atoms with Gasteiger partial charge in [0.25, 0.3) is 12.3 Å². The maximum absolute atomic E-state index is 14.1. The van der Waals surface area contributed by atoms with Gasteiger partial charge in [0.1, 0.15) is 11.2 Å². The molecule has 0 aromatic carbocycles. The lowest BCUT2D eigenvalue weighted by molar-refractivity contribution is -0.000661. The molecule has 3 atom stereocenters. The Kier molecular flexibility index (Phi) is 5.46. The van der Waals surface area contributed by atoms with Crippen LogP contribution in [0.1, 0.15) is 44.7 Å². The molecule has 1 unspecified atom stereocenters. The van der Waals surface area contributed by atoms with Crippen molar-refractivity contribution in [1.29, 1.82) is 0 Å². The molecule has 10 heteroatoms. The molecule has 1 aliphatic heterocycles. The predicted octanol–water partition coefficient (Wildman–Crippen LogP) is 3.97. The van der Waals surface area contributed by atoms with Crippen molar-refractivity contribution < 1.29 is 17.6 Å². The molecule has 1 aliphatic carbocycles. The quantitative estimate of drug-likeness (QED) is 0.646. The molecule has 29 heavy (non-hydrogen) atoms. The maximum atomic E-state index is 14.1. The van der Waals surface area contributed by atoms with Crippen molar-refractivity contribution in [2.24, 2.45) is 5.92 Å². The molecular weight excluding hydrogens is 388 g/mol. The van der Waals surface area contributed by atoms with Crippen molar-refractivity contribution in [3.05, 3.63) is 18.0 Å². The molecular formula is C19H24F4N6. The predicted molar refractivity (Wildman–Crippen MR) is 103 cm³/mol. The van der Waals surface area contributed by atoms with Gasteiger partial charge >= 0.3 is 0 Å². The van der Waals surface area contributed by atoms with Crippen LogP contribution in [-0.2, 0) is 0 Å². The fraction of sp³-hybridized carbons (Fsp3) is 0.632. The van der Waals surface area contributed by atoms with E-state index in [2.05, 4.69) is 37.8 Å². The largest absolute Gasteiger partial charge is 0.359 e. The van der Waals surface area contributed by atoms with E-state index in [-0.39, 0.29) is 30.2 Å². The molecule has 0 amide bonds. The number of piperidine rings is 1. The molecule has 2 aromatic rings. The molecule has 0 bridgehead atoms. The Morgan fingerprint density at radius 1 is 1.21 bits per heavy atom. The lowest BCUT2D eigenvalue weighted by Crippen LogP contribution is -2.42. The summed E-state index contributed by atoms with van der Waals surface area (Å²) in [4.78, 5) is 12.6. The topological polar surface area (TPSA) is 74.8 Å². The molecule has 1 saturated heterocycles. The molecule has 3 heterocycles. The number of fused-ring (bicyclic) bond motifs is 1. The number of alkyl halides is 4. The van der Waals surface area contributed by atoms with Gasteiger partial charge < -0.3 is 16.0 Å². The van der Waals surface area contributed by atoms with Gasteiger partial charge in [-0.2, -0.15) is 0 Å². The molecule has 2 aromatic heterocycles. The van der Waals surface area contributed by atoms with Gasteiger partial charge in [0, 0.05) is 24.0 Å². The first-order valence-corrected chi connectivity index (χ1v) is 9.91. The Balaban J connectivity index is 1.68. The smallest absolute Gasteiger partial charge is 0.280 e. The fourth-order valence-electron chi connectivity index (χ4n) is 4.01. The summed E-state index contributed by atoms with van der Waals surface area (Å²) >= 11 is 0. The second kappa shape index (κ2) is 7.89. The second-order valence-electron chi connectivity index (χ2n) is 7.90. The Bertz CT molecular complexity index is 877. The average molecular weight is 412 g/mol. The fourth-order valence-corrected chi connectivity index (χ4v) is 4.01. The Morgan fingerprint density at radius 2 is 2.03 bits per heavy atom. The zero-order valence-electron chi connectivity index (χ0n) is 16.1. The molecule has 2 aliphatic rings. The highest BCUT2D eigenvalue weighted by Gasteiger charge is 2.44. The minimum Gasteiger partial charge on any atom is -0.359 e. The van der Waals surface area contributed by atoms with Crippen molar-refractivity contribution >= 4 is 22.7 Å². The Labute approximate surface area is 165 Å². The van der Waals surface area contributed by atoms with Crippen molar-refractivity contribution in [1.82, 2.24) is 20.3 Å². The van der Waals surface area contributed by atoms with Crippen LogP contribution in [-0.4, -0.2) is 46.0 Å². The molecule has 6 nitrogen and oxygen atoms in total. The standard InChI is InChI=1S/C19H24F4N6/c1-10-8-24-6-4-12(10)27-18-25-9-11-7-13(16(20)21)26-17(15(11)29-18)28-14-3-2-5-19(14,22)23/h7,9-10,12,14,16,24H,2-6,8H2,1H3,(H,26,28)(H,25,27,29)/t10-,12+,14?/m1/s1. The van der Waals surface area contributed by atoms with Crippen LogP contribution in [0, 0.1) is 5.92 Å². The summed E-state index contributed by atoms with van der Waals surface area (Å²) in [6.45, 7) is 3.85. The monoisotopic (exact) mass is 412 g/mol. The van der Waals surface area contributed by atoms with Gasteiger partial charge in [-0.05, 0) is 44.3 Å².